The van der Waals surface area contributed by atoms with E-state index in [1.165, 1.54) is 6.07 Å². The van der Waals surface area contributed by atoms with Crippen LogP contribution in [0, 0.1) is 0 Å². The summed E-state index contributed by atoms with van der Waals surface area (Å²) in [5.74, 6) is -4.42. The molecule has 5 N–H and O–H groups in total. The number of carboxylic acids is 1. The molecule has 3 rings (SSSR count). The van der Waals surface area contributed by atoms with Gasteiger partial charge in [0.1, 0.15) is 30.8 Å². The van der Waals surface area contributed by atoms with Gasteiger partial charge >= 0.3 is 17.8 Å². The van der Waals surface area contributed by atoms with Crippen molar-refractivity contribution >= 4 is 12.1 Å². The Kier molecular flexibility index (Phi) is 9.62. The normalized spacial score (nSPS) is 24.5. The number of hydrogen-bond acceptors (Lipinski definition) is 9. The lowest BCUT2D eigenvalue weighted by Crippen LogP contribution is -2.67. The molecule has 1 saturated heterocycles. The first-order valence-corrected chi connectivity index (χ1v) is 11.5. The first kappa shape index (κ1) is 27.4. The maximum absolute atomic E-state index is 12.3. The highest BCUT2D eigenvalue weighted by Gasteiger charge is 2.58. The van der Waals surface area contributed by atoms with E-state index in [2.05, 4.69) is 5.32 Å². The molecule has 1 heterocycles. The van der Waals surface area contributed by atoms with Crippen LogP contribution in [0.2, 0.25) is 0 Å². The van der Waals surface area contributed by atoms with Gasteiger partial charge in [-0.2, -0.15) is 0 Å². The van der Waals surface area contributed by atoms with Gasteiger partial charge in [-0.05, 0) is 24.5 Å². The van der Waals surface area contributed by atoms with Crippen molar-refractivity contribution in [3.8, 4) is 5.75 Å². The summed E-state index contributed by atoms with van der Waals surface area (Å²) < 4.78 is 21.7. The average Bonchev–Trinajstić information content (AvgIpc) is 2.88. The highest BCUT2D eigenvalue weighted by Crippen LogP contribution is 2.36. The molecule has 36 heavy (non-hydrogen) atoms. The Labute approximate surface area is 208 Å². The van der Waals surface area contributed by atoms with Gasteiger partial charge in [0.2, 0.25) is 0 Å². The second-order valence-electron chi connectivity index (χ2n) is 8.19. The Morgan fingerprint density at radius 2 is 1.81 bits per heavy atom. The number of benzene rings is 2. The number of rotatable bonds is 11. The van der Waals surface area contributed by atoms with Crippen molar-refractivity contribution in [3.05, 3.63) is 65.7 Å². The molecule has 1 fully saturated rings. The number of nitrogens with one attached hydrogen (secondary N) is 1. The van der Waals surface area contributed by atoms with Gasteiger partial charge in [-0.3, -0.25) is 5.32 Å². The largest absolute Gasteiger partial charge is 0.476 e. The molecule has 0 radical (unpaired) electrons. The number of hydrogen-bond donors (Lipinski definition) is 5. The highest BCUT2D eigenvalue weighted by molar-refractivity contribution is 5.77. The first-order valence-electron chi connectivity index (χ1n) is 11.5. The minimum atomic E-state index is -2.68. The average molecular weight is 506 g/mol. The molecule has 0 aromatic heterocycles. The summed E-state index contributed by atoms with van der Waals surface area (Å²) in [7, 11) is 0. The summed E-state index contributed by atoms with van der Waals surface area (Å²) in [5, 5.41) is 42.4. The number of carboxylic acid groups (broad SMARTS) is 1. The van der Waals surface area contributed by atoms with E-state index in [1.807, 2.05) is 30.3 Å². The van der Waals surface area contributed by atoms with Gasteiger partial charge in [-0.15, -0.1) is 0 Å². The van der Waals surface area contributed by atoms with Crippen molar-refractivity contribution in [2.24, 2.45) is 0 Å². The molecule has 0 saturated carbocycles. The molecule has 1 amide bonds. The number of carbonyl (C=O) groups excluding carboxylic acids is 1. The number of aliphatic hydroxyl groups excluding tert-OH is 3. The smallest absolute Gasteiger partial charge is 0.409 e. The Morgan fingerprint density at radius 3 is 2.50 bits per heavy atom. The second-order valence-corrected chi connectivity index (χ2v) is 8.19. The van der Waals surface area contributed by atoms with Crippen LogP contribution >= 0.6 is 0 Å². The highest BCUT2D eigenvalue weighted by atomic mass is 16.7. The zero-order valence-corrected chi connectivity index (χ0v) is 19.8. The number of alkyl carbamates (subject to hydrolysis) is 1. The molecule has 196 valence electrons. The van der Waals surface area contributed by atoms with Crippen molar-refractivity contribution in [3.63, 3.8) is 0 Å². The number of ether oxygens (including phenoxy) is 4. The molecule has 0 bridgehead atoms. The van der Waals surface area contributed by atoms with Crippen molar-refractivity contribution in [1.82, 2.24) is 5.32 Å². The van der Waals surface area contributed by atoms with Crippen LogP contribution < -0.4 is 10.1 Å². The van der Waals surface area contributed by atoms with Gasteiger partial charge in [0.25, 0.3) is 0 Å². The van der Waals surface area contributed by atoms with E-state index in [0.717, 1.165) is 5.56 Å². The van der Waals surface area contributed by atoms with Crippen LogP contribution in [0.4, 0.5) is 4.79 Å². The fourth-order valence-electron chi connectivity index (χ4n) is 3.71. The lowest BCUT2D eigenvalue weighted by molar-refractivity contribution is -0.301. The fraction of sp³-hybridized carbons (Fsp3) is 0.440. The van der Waals surface area contributed by atoms with Crippen molar-refractivity contribution in [2.75, 3.05) is 19.9 Å². The van der Waals surface area contributed by atoms with Gasteiger partial charge in [-0.1, -0.05) is 55.5 Å². The van der Waals surface area contributed by atoms with E-state index in [0.29, 0.717) is 25.0 Å². The molecular formula is C25H31NO10. The number of carbonyl (C=O) groups is 2. The van der Waals surface area contributed by atoms with E-state index in [4.69, 9.17) is 18.9 Å². The van der Waals surface area contributed by atoms with Crippen LogP contribution in [0.1, 0.15) is 30.6 Å². The molecule has 5 atom stereocenters. The number of aliphatic hydroxyl groups is 3. The van der Waals surface area contributed by atoms with E-state index >= 15 is 0 Å². The molecular weight excluding hydrogens is 474 g/mol. The molecule has 1 aliphatic rings. The summed E-state index contributed by atoms with van der Waals surface area (Å²) >= 11 is 0. The number of aliphatic carboxylic acids is 1. The molecule has 2 aromatic rings. The Balaban J connectivity index is 1.63. The summed E-state index contributed by atoms with van der Waals surface area (Å²) in [6.07, 6.45) is -5.99. The third-order valence-corrected chi connectivity index (χ3v) is 5.72. The van der Waals surface area contributed by atoms with Crippen LogP contribution in [-0.2, 0) is 25.4 Å². The molecule has 0 spiro atoms. The maximum Gasteiger partial charge on any atom is 0.409 e. The Bertz CT molecular complexity index is 1000. The summed E-state index contributed by atoms with van der Waals surface area (Å²) in [6, 6.07) is 15.9. The summed E-state index contributed by atoms with van der Waals surface area (Å²) in [4.78, 5) is 24.4. The molecule has 11 heteroatoms. The Morgan fingerprint density at radius 1 is 1.11 bits per heavy atom. The lowest BCUT2D eigenvalue weighted by atomic mass is 9.96. The number of amides is 1. The summed E-state index contributed by atoms with van der Waals surface area (Å²) in [5.41, 5.74) is 1.42. The molecule has 0 aliphatic carbocycles. The van der Waals surface area contributed by atoms with Gasteiger partial charge in [0, 0.05) is 5.56 Å². The molecule has 1 aliphatic heterocycles. The van der Waals surface area contributed by atoms with Crippen molar-refractivity contribution in [1.29, 1.82) is 0 Å². The van der Waals surface area contributed by atoms with Crippen LogP contribution in [0.25, 0.3) is 0 Å². The van der Waals surface area contributed by atoms with Crippen molar-refractivity contribution in [2.45, 2.75) is 50.0 Å². The zero-order chi connectivity index (χ0) is 26.1. The minimum Gasteiger partial charge on any atom is -0.476 e. The maximum atomic E-state index is 12.3. The van der Waals surface area contributed by atoms with Gasteiger partial charge < -0.3 is 39.4 Å². The Hall–Kier alpha value is -3.22. The molecule has 5 unspecified atom stereocenters. The van der Waals surface area contributed by atoms with Crippen molar-refractivity contribution < 1.29 is 49.0 Å². The van der Waals surface area contributed by atoms with Crippen LogP contribution in [-0.4, -0.2) is 76.5 Å². The SMILES string of the molecule is CCC(OC(=O)NCOCCc1ccccc1)c1ccccc1OC1(C(=O)O)OCC(O)C(O)C1O. The molecule has 11 nitrogen and oxygen atoms in total. The first-order chi connectivity index (χ1) is 17.3. The van der Waals surface area contributed by atoms with Crippen LogP contribution in [0.3, 0.4) is 0 Å². The van der Waals surface area contributed by atoms with Gasteiger partial charge in [0.05, 0.1) is 13.2 Å². The third kappa shape index (κ3) is 6.50. The van der Waals surface area contributed by atoms with Crippen LogP contribution in [0.15, 0.2) is 54.6 Å². The third-order valence-electron chi connectivity index (χ3n) is 5.72. The molecule has 2 aromatic carbocycles. The monoisotopic (exact) mass is 505 g/mol. The standard InChI is InChI=1S/C25H31NO10/c1-2-19(35-24(32)26-15-33-13-12-16-8-4-3-5-9-16)17-10-6-7-11-20(17)36-25(23(30)31)22(29)21(28)18(27)14-34-25/h3-11,18-19,21-22,27-29H,2,12-15H2,1H3,(H,26,32)(H,30,31). The predicted molar refractivity (Wildman–Crippen MR) is 125 cm³/mol. The topological polar surface area (TPSA) is 164 Å². The van der Waals surface area contributed by atoms with E-state index in [-0.39, 0.29) is 12.5 Å². The van der Waals surface area contributed by atoms with E-state index in [1.54, 1.807) is 25.1 Å². The second kappa shape index (κ2) is 12.7. The quantitative estimate of drug-likeness (QED) is 0.222. The van der Waals surface area contributed by atoms with Crippen LogP contribution in [0.5, 0.6) is 5.75 Å². The zero-order valence-electron chi connectivity index (χ0n) is 19.8. The van der Waals surface area contributed by atoms with E-state index < -0.39 is 48.9 Å². The number of para-hydroxylation sites is 1. The predicted octanol–water partition coefficient (Wildman–Crippen LogP) is 1.35. The summed E-state index contributed by atoms with van der Waals surface area (Å²) in [6.45, 7) is 1.51. The van der Waals surface area contributed by atoms with Gasteiger partial charge in [-0.25, -0.2) is 9.59 Å². The fourth-order valence-corrected chi connectivity index (χ4v) is 3.71. The lowest BCUT2D eigenvalue weighted by Gasteiger charge is -2.42. The van der Waals surface area contributed by atoms with E-state index in [9.17, 15) is 30.0 Å². The van der Waals surface area contributed by atoms with Gasteiger partial charge in [0.15, 0.2) is 6.10 Å². The minimum absolute atomic E-state index is 0.0405.